The zero-order valence-electron chi connectivity index (χ0n) is 16.0. The first kappa shape index (κ1) is 20.6. The van der Waals surface area contributed by atoms with E-state index in [9.17, 15) is 15.2 Å². The molecule has 0 bridgehead atoms. The Labute approximate surface area is 173 Å². The lowest BCUT2D eigenvalue weighted by molar-refractivity contribution is -0.385. The summed E-state index contributed by atoms with van der Waals surface area (Å²) < 4.78 is 10.4. The predicted octanol–water partition coefficient (Wildman–Crippen LogP) is 5.21. The minimum absolute atomic E-state index is 0.0627. The van der Waals surface area contributed by atoms with Gasteiger partial charge in [0.2, 0.25) is 0 Å². The molecule has 0 saturated heterocycles. The van der Waals surface area contributed by atoms with Crippen molar-refractivity contribution < 1.29 is 19.5 Å². The van der Waals surface area contributed by atoms with E-state index >= 15 is 0 Å². The van der Waals surface area contributed by atoms with Crippen LogP contribution >= 0.6 is 11.6 Å². The lowest BCUT2D eigenvalue weighted by atomic mass is 9.97. The van der Waals surface area contributed by atoms with E-state index in [1.165, 1.54) is 26.4 Å². The van der Waals surface area contributed by atoms with Crippen LogP contribution in [0.25, 0.3) is 11.1 Å². The third-order valence-corrected chi connectivity index (χ3v) is 4.88. The summed E-state index contributed by atoms with van der Waals surface area (Å²) in [4.78, 5) is 11.0. The normalized spacial score (nSPS) is 11.7. The fourth-order valence-corrected chi connectivity index (χ4v) is 3.33. The Morgan fingerprint density at radius 1 is 1.00 bits per heavy atom. The van der Waals surface area contributed by atoms with Gasteiger partial charge in [0, 0.05) is 17.0 Å². The second-order valence-electron chi connectivity index (χ2n) is 6.45. The number of hydrogen-bond donors (Lipinski definition) is 1. The number of aliphatic hydroxyl groups excluding tert-OH is 1. The van der Waals surface area contributed by atoms with Crippen LogP contribution in [-0.2, 0) is 6.42 Å². The quantitative estimate of drug-likeness (QED) is 0.424. The molecule has 0 amide bonds. The van der Waals surface area contributed by atoms with E-state index in [0.29, 0.717) is 21.9 Å². The molecule has 0 heterocycles. The number of aliphatic hydroxyl groups is 1. The maximum atomic E-state index is 11.5. The molecule has 0 saturated carbocycles. The molecule has 3 aromatic carbocycles. The van der Waals surface area contributed by atoms with Gasteiger partial charge in [-0.05, 0) is 34.9 Å². The van der Waals surface area contributed by atoms with Crippen LogP contribution in [-0.4, -0.2) is 24.2 Å². The highest BCUT2D eigenvalue weighted by atomic mass is 35.5. The molecule has 3 rings (SSSR count). The Morgan fingerprint density at radius 2 is 1.66 bits per heavy atom. The standard InChI is InChI=1S/C22H20ClNO5/c1-28-21-12-17(19(24(26)27)13-22(21)29-2)11-20(25)15-8-6-14(7-9-15)16-4-3-5-18(23)10-16/h3-10,12-13,20,25H,11H2,1-2H3. The molecule has 150 valence electrons. The number of hydrogen-bond acceptors (Lipinski definition) is 5. The molecule has 0 radical (unpaired) electrons. The summed E-state index contributed by atoms with van der Waals surface area (Å²) >= 11 is 6.04. The summed E-state index contributed by atoms with van der Waals surface area (Å²) in [6, 6.07) is 17.7. The van der Waals surface area contributed by atoms with Gasteiger partial charge in [-0.2, -0.15) is 0 Å². The van der Waals surface area contributed by atoms with Crippen molar-refractivity contribution in [1.82, 2.24) is 0 Å². The van der Waals surface area contributed by atoms with Crippen molar-refractivity contribution in [3.05, 3.63) is 86.9 Å². The van der Waals surface area contributed by atoms with Crippen molar-refractivity contribution in [3.63, 3.8) is 0 Å². The number of methoxy groups -OCH3 is 2. The maximum absolute atomic E-state index is 11.5. The van der Waals surface area contributed by atoms with E-state index in [2.05, 4.69) is 0 Å². The number of ether oxygens (including phenoxy) is 2. The van der Waals surface area contributed by atoms with Crippen LogP contribution in [0.4, 0.5) is 5.69 Å². The topological polar surface area (TPSA) is 81.8 Å². The largest absolute Gasteiger partial charge is 0.493 e. The smallest absolute Gasteiger partial charge is 0.276 e. The van der Waals surface area contributed by atoms with Crippen molar-refractivity contribution in [2.45, 2.75) is 12.5 Å². The van der Waals surface area contributed by atoms with E-state index in [1.807, 2.05) is 30.3 Å². The van der Waals surface area contributed by atoms with Gasteiger partial charge in [-0.15, -0.1) is 0 Å². The first-order chi connectivity index (χ1) is 13.9. The molecule has 0 aromatic heterocycles. The number of benzene rings is 3. The maximum Gasteiger partial charge on any atom is 0.276 e. The molecule has 0 fully saturated rings. The second kappa shape index (κ2) is 8.94. The number of rotatable bonds is 7. The van der Waals surface area contributed by atoms with Crippen molar-refractivity contribution >= 4 is 17.3 Å². The van der Waals surface area contributed by atoms with Gasteiger partial charge in [0.1, 0.15) is 0 Å². The Kier molecular flexibility index (Phi) is 6.36. The van der Waals surface area contributed by atoms with Gasteiger partial charge >= 0.3 is 0 Å². The molecule has 1 unspecified atom stereocenters. The number of halogens is 1. The second-order valence-corrected chi connectivity index (χ2v) is 6.88. The van der Waals surface area contributed by atoms with Crippen LogP contribution in [0.5, 0.6) is 11.5 Å². The van der Waals surface area contributed by atoms with Gasteiger partial charge in [0.05, 0.1) is 31.3 Å². The SMILES string of the molecule is COc1cc(CC(O)c2ccc(-c3cccc(Cl)c3)cc2)c([N+](=O)[O-])cc1OC. The highest BCUT2D eigenvalue weighted by Crippen LogP contribution is 2.36. The summed E-state index contributed by atoms with van der Waals surface area (Å²) in [6.07, 6.45) is -0.854. The number of nitro benzene ring substituents is 1. The molecule has 0 aliphatic carbocycles. The van der Waals surface area contributed by atoms with E-state index < -0.39 is 11.0 Å². The highest BCUT2D eigenvalue weighted by molar-refractivity contribution is 6.30. The fourth-order valence-electron chi connectivity index (χ4n) is 3.14. The van der Waals surface area contributed by atoms with Crippen LogP contribution in [0, 0.1) is 10.1 Å². The minimum atomic E-state index is -0.916. The van der Waals surface area contributed by atoms with E-state index in [1.54, 1.807) is 18.2 Å². The van der Waals surface area contributed by atoms with Crippen molar-refractivity contribution in [3.8, 4) is 22.6 Å². The summed E-state index contributed by atoms with van der Waals surface area (Å²) in [5, 5.41) is 22.8. The average Bonchev–Trinajstić information content (AvgIpc) is 2.73. The first-order valence-electron chi connectivity index (χ1n) is 8.86. The van der Waals surface area contributed by atoms with Gasteiger partial charge in [-0.25, -0.2) is 0 Å². The van der Waals surface area contributed by atoms with Crippen LogP contribution in [0.1, 0.15) is 17.2 Å². The third kappa shape index (κ3) is 4.67. The predicted molar refractivity (Wildman–Crippen MR) is 112 cm³/mol. The molecule has 0 spiro atoms. The summed E-state index contributed by atoms with van der Waals surface area (Å²) in [5.41, 5.74) is 2.81. The molecule has 6 nitrogen and oxygen atoms in total. The van der Waals surface area contributed by atoms with Crippen molar-refractivity contribution in [2.75, 3.05) is 14.2 Å². The molecule has 1 atom stereocenters. The zero-order chi connectivity index (χ0) is 21.0. The lowest BCUT2D eigenvalue weighted by Gasteiger charge is -2.14. The molecule has 29 heavy (non-hydrogen) atoms. The summed E-state index contributed by atoms with van der Waals surface area (Å²) in [7, 11) is 2.87. The summed E-state index contributed by atoms with van der Waals surface area (Å²) in [5.74, 6) is 0.639. The molecule has 0 aliphatic heterocycles. The number of nitro groups is 1. The Balaban J connectivity index is 1.86. The van der Waals surface area contributed by atoms with E-state index in [-0.39, 0.29) is 17.9 Å². The average molecular weight is 414 g/mol. The zero-order valence-corrected chi connectivity index (χ0v) is 16.7. The fraction of sp³-hybridized carbons (Fsp3) is 0.182. The Bertz CT molecular complexity index is 1020. The monoisotopic (exact) mass is 413 g/mol. The Hall–Kier alpha value is -3.09. The first-order valence-corrected chi connectivity index (χ1v) is 9.24. The molecular formula is C22H20ClNO5. The molecule has 1 N–H and O–H groups in total. The van der Waals surface area contributed by atoms with Gasteiger partial charge in [-0.1, -0.05) is 48.0 Å². The van der Waals surface area contributed by atoms with Crippen LogP contribution in [0.15, 0.2) is 60.7 Å². The van der Waals surface area contributed by atoms with Crippen molar-refractivity contribution in [1.29, 1.82) is 0 Å². The highest BCUT2D eigenvalue weighted by Gasteiger charge is 2.22. The molecule has 3 aromatic rings. The third-order valence-electron chi connectivity index (χ3n) is 4.65. The van der Waals surface area contributed by atoms with E-state index in [0.717, 1.165) is 11.1 Å². The van der Waals surface area contributed by atoms with Crippen LogP contribution < -0.4 is 9.47 Å². The molecule has 7 heteroatoms. The summed E-state index contributed by atoms with van der Waals surface area (Å²) in [6.45, 7) is 0. The molecule has 0 aliphatic rings. The van der Waals surface area contributed by atoms with Crippen LogP contribution in [0.2, 0.25) is 5.02 Å². The van der Waals surface area contributed by atoms with Crippen molar-refractivity contribution in [2.24, 2.45) is 0 Å². The molecular weight excluding hydrogens is 394 g/mol. The lowest BCUT2D eigenvalue weighted by Crippen LogP contribution is -2.05. The van der Waals surface area contributed by atoms with Gasteiger partial charge in [0.15, 0.2) is 11.5 Å². The number of nitrogens with zero attached hydrogens (tertiary/aromatic N) is 1. The van der Waals surface area contributed by atoms with Gasteiger partial charge in [0.25, 0.3) is 5.69 Å². The van der Waals surface area contributed by atoms with Gasteiger partial charge < -0.3 is 14.6 Å². The van der Waals surface area contributed by atoms with Gasteiger partial charge in [-0.3, -0.25) is 10.1 Å². The van der Waals surface area contributed by atoms with E-state index in [4.69, 9.17) is 21.1 Å². The Morgan fingerprint density at radius 3 is 2.24 bits per heavy atom. The minimum Gasteiger partial charge on any atom is -0.493 e. The van der Waals surface area contributed by atoms with Crippen LogP contribution in [0.3, 0.4) is 0 Å².